The summed E-state index contributed by atoms with van der Waals surface area (Å²) in [5, 5.41) is 21.6. The van der Waals surface area contributed by atoms with E-state index in [1.165, 1.54) is 4.90 Å². The molecule has 10 rings (SSSR count). The number of nitrogens with zero attached hydrogens (tertiary/aromatic N) is 6. The van der Waals surface area contributed by atoms with Crippen LogP contribution in [-0.4, -0.2) is 129 Å². The third kappa shape index (κ3) is 9.74. The molecule has 2 N–H and O–H groups in total. The van der Waals surface area contributed by atoms with Gasteiger partial charge in [-0.05, 0) is 73.5 Å². The van der Waals surface area contributed by atoms with Crippen molar-refractivity contribution in [3.05, 3.63) is 141 Å². The highest BCUT2D eigenvalue weighted by Crippen LogP contribution is 2.39. The first-order valence-corrected chi connectivity index (χ1v) is 25.5. The topological polar surface area (TPSA) is 195 Å². The molecule has 0 spiro atoms. The van der Waals surface area contributed by atoms with Crippen molar-refractivity contribution < 1.29 is 48.1 Å². The molecule has 3 aliphatic heterocycles. The van der Waals surface area contributed by atoms with Crippen LogP contribution in [0.3, 0.4) is 0 Å². The van der Waals surface area contributed by atoms with Crippen LogP contribution in [0.4, 0.5) is 0 Å². The average Bonchev–Trinajstić information content (AvgIpc) is 4.00. The number of aromatic nitrogens is 3. The van der Waals surface area contributed by atoms with E-state index in [2.05, 4.69) is 26.1 Å². The van der Waals surface area contributed by atoms with Gasteiger partial charge in [-0.2, -0.15) is 5.10 Å². The fourth-order valence-corrected chi connectivity index (χ4v) is 10.8. The molecule has 2 aromatic heterocycles. The first-order chi connectivity index (χ1) is 35.9. The summed E-state index contributed by atoms with van der Waals surface area (Å²) in [6.45, 7) is 4.90. The average molecular weight is 1060 g/mol. The maximum atomic E-state index is 13.6. The van der Waals surface area contributed by atoms with Crippen molar-refractivity contribution in [2.24, 2.45) is 7.05 Å². The highest BCUT2D eigenvalue weighted by molar-refractivity contribution is 9.10. The zero-order valence-corrected chi connectivity index (χ0v) is 42.6. The van der Waals surface area contributed by atoms with Gasteiger partial charge in [0, 0.05) is 96.9 Å². The SMILES string of the molecule is Cc1c(-c2cccc3c(CCCOc4cccc5ccccc45)c(C(=O)O)n(CCN4CCN(C(=O)COc5cccc6c5C(=O)N(C5CCC(=O)NC5)C6=O)CC4)c23)c(COc2ccc(Br)c(C=O)c2)nn1C. The number of amides is 4. The van der Waals surface area contributed by atoms with Crippen molar-refractivity contribution in [1.29, 1.82) is 0 Å². The number of nitrogens with one attached hydrogen (secondary N) is 1. The standard InChI is InChI=1S/C56H54BrN7O10/c1-34-50(45(59-60(34)2)32-73-38-19-20-44(57)36(29-38)31-65)42-13-6-12-40-41(15-8-28-72-46-16-5-10-35-9-3-4-11-39(35)46)53(56(70)71)63(52(40)42)27-24-61-22-25-62(26-23-61)49(67)33-74-47-17-7-14-43-51(47)55(69)64(54(43)68)37-18-21-48(66)58-30-37/h3-7,9-14,16-17,19-20,29,31,37H,8,15,18,21-28,30,32-33H2,1-2H3,(H,58,66)(H,70,71). The second-order valence-corrected chi connectivity index (χ2v) is 19.6. The van der Waals surface area contributed by atoms with E-state index in [4.69, 9.17) is 19.3 Å². The lowest BCUT2D eigenvalue weighted by Crippen LogP contribution is -2.50. The molecule has 0 radical (unpaired) electrons. The maximum Gasteiger partial charge on any atom is 0.352 e. The number of carbonyl (C=O) groups is 6. The van der Waals surface area contributed by atoms with Crippen molar-refractivity contribution in [2.45, 2.75) is 51.8 Å². The second kappa shape index (κ2) is 21.3. The lowest BCUT2D eigenvalue weighted by atomic mass is 9.98. The molecule has 74 heavy (non-hydrogen) atoms. The van der Waals surface area contributed by atoms with Gasteiger partial charge in [-0.3, -0.25) is 38.5 Å². The van der Waals surface area contributed by atoms with Gasteiger partial charge < -0.3 is 34.1 Å². The Morgan fingerprint density at radius 3 is 2.36 bits per heavy atom. The fraction of sp³-hybridized carbons (Fsp3) is 0.304. The molecule has 2 saturated heterocycles. The number of rotatable bonds is 18. The molecule has 3 aliphatic rings. The quantitative estimate of drug-likeness (QED) is 0.0490. The first-order valence-electron chi connectivity index (χ1n) is 24.7. The summed E-state index contributed by atoms with van der Waals surface area (Å²) >= 11 is 3.41. The van der Waals surface area contributed by atoms with E-state index >= 15 is 0 Å². The van der Waals surface area contributed by atoms with Gasteiger partial charge in [0.15, 0.2) is 12.9 Å². The van der Waals surface area contributed by atoms with E-state index in [-0.39, 0.29) is 60.6 Å². The molecule has 4 amide bonds. The van der Waals surface area contributed by atoms with Gasteiger partial charge in [0.1, 0.15) is 35.2 Å². The number of piperidine rings is 1. The normalized spacial score (nSPS) is 15.9. The minimum absolute atomic E-state index is 0.0819. The van der Waals surface area contributed by atoms with E-state index in [0.717, 1.165) is 50.5 Å². The number of halogens is 1. The molecule has 0 aliphatic carbocycles. The molecule has 1 unspecified atom stereocenters. The Bertz CT molecular complexity index is 3360. The lowest BCUT2D eigenvalue weighted by molar-refractivity contribution is -0.135. The molecule has 0 bridgehead atoms. The van der Waals surface area contributed by atoms with Crippen molar-refractivity contribution in [3.8, 4) is 28.4 Å². The van der Waals surface area contributed by atoms with Crippen LogP contribution in [-0.2, 0) is 36.2 Å². The van der Waals surface area contributed by atoms with Crippen molar-refractivity contribution >= 4 is 73.5 Å². The minimum atomic E-state index is -1.05. The van der Waals surface area contributed by atoms with Gasteiger partial charge >= 0.3 is 5.97 Å². The summed E-state index contributed by atoms with van der Waals surface area (Å²) in [7, 11) is 1.86. The summed E-state index contributed by atoms with van der Waals surface area (Å²) < 4.78 is 22.9. The number of carboxylic acids is 1. The van der Waals surface area contributed by atoms with Crippen LogP contribution in [0.2, 0.25) is 0 Å². The zero-order valence-electron chi connectivity index (χ0n) is 41.0. The van der Waals surface area contributed by atoms with Crippen LogP contribution >= 0.6 is 15.9 Å². The summed E-state index contributed by atoms with van der Waals surface area (Å²) in [6.07, 6.45) is 2.32. The fourth-order valence-electron chi connectivity index (χ4n) is 10.5. The molecule has 17 nitrogen and oxygen atoms in total. The van der Waals surface area contributed by atoms with Crippen LogP contribution < -0.4 is 19.5 Å². The van der Waals surface area contributed by atoms with Gasteiger partial charge in [0.05, 0.1) is 29.3 Å². The molecule has 380 valence electrons. The largest absolute Gasteiger partial charge is 0.493 e. The molecule has 5 aromatic carbocycles. The second-order valence-electron chi connectivity index (χ2n) is 18.7. The maximum absolute atomic E-state index is 13.6. The van der Waals surface area contributed by atoms with Gasteiger partial charge in [0.2, 0.25) is 5.91 Å². The predicted molar refractivity (Wildman–Crippen MR) is 279 cm³/mol. The third-order valence-corrected chi connectivity index (χ3v) is 15.1. The first kappa shape index (κ1) is 49.7. The summed E-state index contributed by atoms with van der Waals surface area (Å²) in [5.41, 5.74) is 5.53. The number of ether oxygens (including phenoxy) is 3. The molecule has 1 atom stereocenters. The summed E-state index contributed by atoms with van der Waals surface area (Å²) in [4.78, 5) is 82.8. The van der Waals surface area contributed by atoms with Crippen LogP contribution in [0.25, 0.3) is 32.8 Å². The number of aromatic carboxylic acids is 1. The van der Waals surface area contributed by atoms with Gasteiger partial charge in [-0.15, -0.1) is 0 Å². The van der Waals surface area contributed by atoms with Crippen molar-refractivity contribution in [2.75, 3.05) is 52.5 Å². The Balaban J connectivity index is 0.874. The molecule has 18 heteroatoms. The number of aldehydes is 1. The number of fused-ring (bicyclic) bond motifs is 3. The minimum Gasteiger partial charge on any atom is -0.493 e. The molecule has 7 aromatic rings. The number of piperazine rings is 1. The van der Waals surface area contributed by atoms with Crippen LogP contribution in [0.15, 0.2) is 102 Å². The monoisotopic (exact) mass is 1060 g/mol. The number of carbonyl (C=O) groups excluding carboxylic acids is 5. The highest BCUT2D eigenvalue weighted by Gasteiger charge is 2.43. The van der Waals surface area contributed by atoms with Gasteiger partial charge in [0.25, 0.3) is 17.7 Å². The smallest absolute Gasteiger partial charge is 0.352 e. The molecule has 0 saturated carbocycles. The Morgan fingerprint density at radius 2 is 1.58 bits per heavy atom. The Labute approximate surface area is 434 Å². The number of hydrogen-bond acceptors (Lipinski definition) is 11. The summed E-state index contributed by atoms with van der Waals surface area (Å²) in [5.74, 6) is -0.994. The van der Waals surface area contributed by atoms with E-state index < -0.39 is 23.8 Å². The van der Waals surface area contributed by atoms with E-state index in [9.17, 15) is 33.9 Å². The number of para-hydroxylation sites is 1. The Hall–Kier alpha value is -7.83. The lowest BCUT2D eigenvalue weighted by Gasteiger charge is -2.35. The Kier molecular flexibility index (Phi) is 14.3. The molecule has 5 heterocycles. The third-order valence-electron chi connectivity index (χ3n) is 14.3. The van der Waals surface area contributed by atoms with Crippen LogP contribution in [0.5, 0.6) is 17.2 Å². The predicted octanol–water partition coefficient (Wildman–Crippen LogP) is 7.47. The number of carboxylic acid groups (broad SMARTS) is 1. The van der Waals surface area contributed by atoms with E-state index in [0.29, 0.717) is 92.2 Å². The van der Waals surface area contributed by atoms with Gasteiger partial charge in [-0.1, -0.05) is 76.6 Å². The Morgan fingerprint density at radius 1 is 0.838 bits per heavy atom. The summed E-state index contributed by atoms with van der Waals surface area (Å²) in [6, 6.07) is 29.4. The van der Waals surface area contributed by atoms with Crippen LogP contribution in [0, 0.1) is 6.92 Å². The van der Waals surface area contributed by atoms with Crippen molar-refractivity contribution in [3.63, 3.8) is 0 Å². The number of imide groups is 1. The highest BCUT2D eigenvalue weighted by atomic mass is 79.9. The number of aryl methyl sites for hydroxylation is 2. The molecular weight excluding hydrogens is 1010 g/mol. The van der Waals surface area contributed by atoms with E-state index in [1.54, 1.807) is 46.0 Å². The van der Waals surface area contributed by atoms with Crippen LogP contribution in [0.1, 0.15) is 77.8 Å². The van der Waals surface area contributed by atoms with E-state index in [1.807, 2.05) is 79.2 Å². The molecular formula is C56H54BrN7O10. The van der Waals surface area contributed by atoms with Crippen molar-refractivity contribution in [1.82, 2.24) is 34.4 Å². The molecule has 2 fully saturated rings. The number of hydrogen-bond donors (Lipinski definition) is 2. The zero-order chi connectivity index (χ0) is 51.6. The van der Waals surface area contributed by atoms with Gasteiger partial charge in [-0.25, -0.2) is 4.79 Å². The number of benzene rings is 5.